The number of amides is 1. The second-order valence-electron chi connectivity index (χ2n) is 10.1. The number of carbonyl (C=O) groups excluding carboxylic acids is 1. The number of H-pyrrole nitrogens is 1. The van der Waals surface area contributed by atoms with Crippen molar-refractivity contribution in [2.45, 2.75) is 37.0 Å². The molecule has 1 aliphatic carbocycles. The number of hydrogen-bond donors (Lipinski definition) is 2. The molecule has 4 aromatic rings. The summed E-state index contributed by atoms with van der Waals surface area (Å²) in [6, 6.07) is 21.1. The topological polar surface area (TPSA) is 70.2 Å². The van der Waals surface area contributed by atoms with E-state index >= 15 is 0 Å². The molecular formula is C29H28N4O2. The first-order chi connectivity index (χ1) is 17.2. The summed E-state index contributed by atoms with van der Waals surface area (Å²) in [6.07, 6.45) is 4.70. The Labute approximate surface area is 204 Å². The van der Waals surface area contributed by atoms with Crippen LogP contribution in [-0.2, 0) is 10.2 Å². The van der Waals surface area contributed by atoms with Crippen molar-refractivity contribution < 1.29 is 9.53 Å². The number of rotatable bonds is 4. The Hall–Kier alpha value is -3.80. The molecule has 0 radical (unpaired) electrons. The van der Waals surface area contributed by atoms with Crippen LogP contribution in [0.15, 0.2) is 60.7 Å². The molecule has 3 aliphatic rings. The van der Waals surface area contributed by atoms with E-state index in [0.717, 1.165) is 58.7 Å². The van der Waals surface area contributed by atoms with Crippen LogP contribution in [0.1, 0.15) is 42.7 Å². The SMILES string of the molecule is COc1ccc2c(c1)[C@]1(CC1c1ccc3c(-c4ccc(N5CCCCC5)cc4)n[nH]c3c1)C(=O)N2. The van der Waals surface area contributed by atoms with Crippen molar-refractivity contribution in [3.8, 4) is 17.0 Å². The van der Waals surface area contributed by atoms with Crippen molar-refractivity contribution in [2.75, 3.05) is 30.4 Å². The monoisotopic (exact) mass is 464 g/mol. The molecule has 1 saturated heterocycles. The molecule has 6 nitrogen and oxygen atoms in total. The van der Waals surface area contributed by atoms with Crippen LogP contribution in [0, 0.1) is 0 Å². The number of carbonyl (C=O) groups is 1. The largest absolute Gasteiger partial charge is 0.497 e. The van der Waals surface area contributed by atoms with Gasteiger partial charge in [0.15, 0.2) is 0 Å². The number of aromatic amines is 1. The van der Waals surface area contributed by atoms with Crippen molar-refractivity contribution in [3.05, 3.63) is 71.8 Å². The Morgan fingerprint density at radius 2 is 1.83 bits per heavy atom. The van der Waals surface area contributed by atoms with Gasteiger partial charge in [-0.2, -0.15) is 5.10 Å². The molecule has 3 heterocycles. The summed E-state index contributed by atoms with van der Waals surface area (Å²) in [6.45, 7) is 2.29. The standard InChI is InChI=1S/C29H28N4O2/c1-35-21-10-12-25-23(16-21)29(28(34)30-25)17-24(29)19-7-11-22-26(15-19)31-32-27(22)18-5-8-20(9-6-18)33-13-3-2-4-14-33/h5-12,15-16,24H,2-4,13-14,17H2,1H3,(H,30,34)(H,31,32)/t24?,29-/m0/s1. The highest BCUT2D eigenvalue weighted by atomic mass is 16.5. The van der Waals surface area contributed by atoms with E-state index < -0.39 is 5.41 Å². The number of fused-ring (bicyclic) bond motifs is 3. The van der Waals surface area contributed by atoms with Crippen molar-refractivity contribution in [3.63, 3.8) is 0 Å². The van der Waals surface area contributed by atoms with Crippen LogP contribution in [0.3, 0.4) is 0 Å². The van der Waals surface area contributed by atoms with Crippen LogP contribution in [0.4, 0.5) is 11.4 Å². The molecule has 2 aliphatic heterocycles. The summed E-state index contributed by atoms with van der Waals surface area (Å²) < 4.78 is 5.43. The van der Waals surface area contributed by atoms with E-state index in [1.54, 1.807) is 7.11 Å². The lowest BCUT2D eigenvalue weighted by Crippen LogP contribution is -2.29. The average Bonchev–Trinajstić information content (AvgIpc) is 3.44. The molecule has 1 spiro atoms. The van der Waals surface area contributed by atoms with Crippen LogP contribution in [0.2, 0.25) is 0 Å². The van der Waals surface area contributed by atoms with Gasteiger partial charge in [0.25, 0.3) is 0 Å². The average molecular weight is 465 g/mol. The fourth-order valence-corrected chi connectivity index (χ4v) is 6.15. The molecule has 3 aromatic carbocycles. The van der Waals surface area contributed by atoms with E-state index in [1.807, 2.05) is 18.2 Å². The number of anilines is 2. The third kappa shape index (κ3) is 3.09. The van der Waals surface area contributed by atoms with Gasteiger partial charge in [-0.25, -0.2) is 0 Å². The molecule has 35 heavy (non-hydrogen) atoms. The molecule has 2 N–H and O–H groups in total. The highest BCUT2D eigenvalue weighted by Crippen LogP contribution is 2.65. The summed E-state index contributed by atoms with van der Waals surface area (Å²) in [5.74, 6) is 1.02. The second-order valence-corrected chi connectivity index (χ2v) is 10.1. The van der Waals surface area contributed by atoms with Gasteiger partial charge < -0.3 is 15.0 Å². The molecule has 176 valence electrons. The van der Waals surface area contributed by atoms with E-state index in [1.165, 1.54) is 30.5 Å². The van der Waals surface area contributed by atoms with Crippen LogP contribution < -0.4 is 15.0 Å². The number of nitrogens with zero attached hydrogens (tertiary/aromatic N) is 2. The van der Waals surface area contributed by atoms with Gasteiger partial charge in [0.2, 0.25) is 5.91 Å². The molecule has 7 rings (SSSR count). The number of benzene rings is 3. The van der Waals surface area contributed by atoms with Gasteiger partial charge in [0.05, 0.1) is 23.7 Å². The molecule has 1 aromatic heterocycles. The van der Waals surface area contributed by atoms with Crippen LogP contribution >= 0.6 is 0 Å². The van der Waals surface area contributed by atoms with Gasteiger partial charge in [-0.3, -0.25) is 9.89 Å². The van der Waals surface area contributed by atoms with Gasteiger partial charge in [-0.1, -0.05) is 24.3 Å². The number of nitrogens with one attached hydrogen (secondary N) is 2. The van der Waals surface area contributed by atoms with E-state index in [0.29, 0.717) is 0 Å². The molecule has 2 fully saturated rings. The zero-order valence-corrected chi connectivity index (χ0v) is 19.8. The van der Waals surface area contributed by atoms with Crippen molar-refractivity contribution in [1.82, 2.24) is 10.2 Å². The van der Waals surface area contributed by atoms with Gasteiger partial charge in [0, 0.05) is 41.3 Å². The highest BCUT2D eigenvalue weighted by Gasteiger charge is 2.65. The summed E-state index contributed by atoms with van der Waals surface area (Å²) in [5, 5.41) is 12.1. The molecular weight excluding hydrogens is 436 g/mol. The van der Waals surface area contributed by atoms with E-state index in [4.69, 9.17) is 4.74 Å². The molecule has 2 atom stereocenters. The van der Waals surface area contributed by atoms with Gasteiger partial charge in [0.1, 0.15) is 5.75 Å². The maximum absolute atomic E-state index is 13.0. The Morgan fingerprint density at radius 3 is 2.63 bits per heavy atom. The fraction of sp³-hybridized carbons (Fsp3) is 0.310. The fourth-order valence-electron chi connectivity index (χ4n) is 6.15. The highest BCUT2D eigenvalue weighted by molar-refractivity contribution is 6.10. The maximum atomic E-state index is 13.0. The lowest BCUT2D eigenvalue weighted by Gasteiger charge is -2.28. The lowest BCUT2D eigenvalue weighted by atomic mass is 9.91. The Morgan fingerprint density at radius 1 is 1.00 bits per heavy atom. The predicted molar refractivity (Wildman–Crippen MR) is 138 cm³/mol. The quantitative estimate of drug-likeness (QED) is 0.412. The molecule has 1 amide bonds. The Kier molecular flexibility index (Phi) is 4.47. The summed E-state index contributed by atoms with van der Waals surface area (Å²) in [7, 11) is 1.66. The van der Waals surface area contributed by atoms with Crippen LogP contribution in [0.5, 0.6) is 5.75 Å². The summed E-state index contributed by atoms with van der Waals surface area (Å²) in [5.41, 5.74) is 7.00. The predicted octanol–water partition coefficient (Wildman–Crippen LogP) is 5.61. The summed E-state index contributed by atoms with van der Waals surface area (Å²) in [4.78, 5) is 15.5. The van der Waals surface area contributed by atoms with Crippen molar-refractivity contribution >= 4 is 28.2 Å². The van der Waals surface area contributed by atoms with Gasteiger partial charge in [-0.05, 0) is 73.2 Å². The molecule has 1 saturated carbocycles. The second kappa shape index (κ2) is 7.60. The number of ether oxygens (including phenoxy) is 1. The first-order valence-corrected chi connectivity index (χ1v) is 12.5. The molecule has 1 unspecified atom stereocenters. The number of methoxy groups -OCH3 is 1. The molecule has 6 heteroatoms. The third-order valence-electron chi connectivity index (χ3n) is 8.17. The van der Waals surface area contributed by atoms with E-state index in [9.17, 15) is 4.79 Å². The van der Waals surface area contributed by atoms with Crippen molar-refractivity contribution in [2.24, 2.45) is 0 Å². The van der Waals surface area contributed by atoms with E-state index in [2.05, 4.69) is 62.9 Å². The van der Waals surface area contributed by atoms with E-state index in [-0.39, 0.29) is 11.8 Å². The van der Waals surface area contributed by atoms with Gasteiger partial charge in [-0.15, -0.1) is 0 Å². The number of piperidine rings is 1. The smallest absolute Gasteiger partial charge is 0.235 e. The first kappa shape index (κ1) is 20.6. The zero-order valence-electron chi connectivity index (χ0n) is 19.8. The molecule has 0 bridgehead atoms. The normalized spacial score (nSPS) is 22.9. The minimum absolute atomic E-state index is 0.0879. The van der Waals surface area contributed by atoms with Crippen LogP contribution in [0.25, 0.3) is 22.2 Å². The van der Waals surface area contributed by atoms with Gasteiger partial charge >= 0.3 is 0 Å². The Bertz CT molecular complexity index is 1450. The first-order valence-electron chi connectivity index (χ1n) is 12.5. The Balaban J connectivity index is 1.18. The maximum Gasteiger partial charge on any atom is 0.235 e. The lowest BCUT2D eigenvalue weighted by molar-refractivity contribution is -0.118. The van der Waals surface area contributed by atoms with Crippen molar-refractivity contribution in [1.29, 1.82) is 0 Å². The number of aromatic nitrogens is 2. The third-order valence-corrected chi connectivity index (χ3v) is 8.17. The zero-order chi connectivity index (χ0) is 23.6. The minimum Gasteiger partial charge on any atom is -0.497 e. The van der Waals surface area contributed by atoms with Crippen LogP contribution in [-0.4, -0.2) is 36.3 Å². The summed E-state index contributed by atoms with van der Waals surface area (Å²) >= 11 is 0. The minimum atomic E-state index is -0.495. The number of hydrogen-bond acceptors (Lipinski definition) is 4.